The van der Waals surface area contributed by atoms with Crippen LogP contribution in [-0.2, 0) is 21.2 Å². The summed E-state index contributed by atoms with van der Waals surface area (Å²) in [6.45, 7) is 1.48. The second-order valence-electron chi connectivity index (χ2n) is 6.37. The van der Waals surface area contributed by atoms with E-state index < -0.39 is 10.0 Å². The molecule has 3 heterocycles. The molecule has 1 aliphatic heterocycles. The molecule has 0 unspecified atom stereocenters. The fourth-order valence-electron chi connectivity index (χ4n) is 3.24. The summed E-state index contributed by atoms with van der Waals surface area (Å²) in [6.07, 6.45) is 3.84. The highest BCUT2D eigenvalue weighted by atomic mass is 32.2. The van der Waals surface area contributed by atoms with Crippen molar-refractivity contribution in [3.05, 3.63) is 48.3 Å². The number of fused-ring (bicyclic) bond motifs is 2. The van der Waals surface area contributed by atoms with E-state index in [1.54, 1.807) is 42.7 Å². The normalized spacial score (nSPS) is 13.2. The molecule has 9 nitrogen and oxygen atoms in total. The number of carboxylic acid groups (broad SMARTS) is 1. The van der Waals surface area contributed by atoms with Gasteiger partial charge in [-0.2, -0.15) is 0 Å². The Morgan fingerprint density at radius 2 is 2.10 bits per heavy atom. The predicted octanol–water partition coefficient (Wildman–Crippen LogP) is 1.30. The van der Waals surface area contributed by atoms with E-state index in [0.717, 1.165) is 17.8 Å². The molecule has 29 heavy (non-hydrogen) atoms. The highest BCUT2D eigenvalue weighted by Crippen LogP contribution is 2.34. The SMILES string of the molecule is CN1CCOc2cc(S(=O)(=O)n3cc(CCN)c4ncccc43)ccc21.O=CO. The molecule has 0 amide bonds. The van der Waals surface area contributed by atoms with Crippen molar-refractivity contribution in [2.75, 3.05) is 31.6 Å². The molecule has 10 heteroatoms. The van der Waals surface area contributed by atoms with Crippen molar-refractivity contribution >= 4 is 33.2 Å². The summed E-state index contributed by atoms with van der Waals surface area (Å²) < 4.78 is 33.5. The van der Waals surface area contributed by atoms with Gasteiger partial charge in [-0.3, -0.25) is 9.78 Å². The Kier molecular flexibility index (Phi) is 6.04. The summed E-state index contributed by atoms with van der Waals surface area (Å²) in [5, 5.41) is 6.89. The number of pyridine rings is 1. The number of likely N-dealkylation sites (N-methyl/N-ethyl adjacent to an activating group) is 1. The summed E-state index contributed by atoms with van der Waals surface area (Å²) in [7, 11) is -1.82. The highest BCUT2D eigenvalue weighted by Gasteiger charge is 2.24. The third-order valence-corrected chi connectivity index (χ3v) is 6.27. The number of aromatic nitrogens is 2. The number of carbonyl (C=O) groups is 1. The number of ether oxygens (including phenoxy) is 1. The molecule has 3 aromatic rings. The first-order valence-electron chi connectivity index (χ1n) is 8.90. The van der Waals surface area contributed by atoms with Crippen molar-refractivity contribution in [1.29, 1.82) is 0 Å². The van der Waals surface area contributed by atoms with E-state index in [-0.39, 0.29) is 11.4 Å². The fraction of sp³-hybridized carbons (Fsp3) is 0.263. The minimum atomic E-state index is -3.78. The molecule has 0 bridgehead atoms. The van der Waals surface area contributed by atoms with Crippen molar-refractivity contribution in [1.82, 2.24) is 8.96 Å². The molecule has 0 spiro atoms. The molecule has 0 aliphatic carbocycles. The lowest BCUT2D eigenvalue weighted by atomic mass is 10.2. The zero-order valence-corrected chi connectivity index (χ0v) is 16.7. The van der Waals surface area contributed by atoms with E-state index in [1.807, 2.05) is 11.9 Å². The van der Waals surface area contributed by atoms with Gasteiger partial charge in [-0.05, 0) is 42.8 Å². The van der Waals surface area contributed by atoms with Gasteiger partial charge in [-0.25, -0.2) is 12.4 Å². The number of hydrogen-bond donors (Lipinski definition) is 2. The molecular weight excluding hydrogens is 396 g/mol. The lowest BCUT2D eigenvalue weighted by Gasteiger charge is -2.27. The van der Waals surface area contributed by atoms with E-state index in [2.05, 4.69) is 4.98 Å². The average Bonchev–Trinajstić information content (AvgIpc) is 3.08. The van der Waals surface area contributed by atoms with Crippen LogP contribution in [-0.4, -0.2) is 55.7 Å². The lowest BCUT2D eigenvalue weighted by molar-refractivity contribution is -0.122. The Morgan fingerprint density at radius 3 is 2.83 bits per heavy atom. The zero-order chi connectivity index (χ0) is 21.0. The molecule has 1 aromatic carbocycles. The largest absolute Gasteiger partial charge is 0.490 e. The molecule has 2 aromatic heterocycles. The second kappa shape index (κ2) is 8.50. The molecule has 3 N–H and O–H groups in total. The van der Waals surface area contributed by atoms with Gasteiger partial charge in [0.25, 0.3) is 16.5 Å². The highest BCUT2D eigenvalue weighted by molar-refractivity contribution is 7.90. The molecule has 154 valence electrons. The standard InChI is InChI=1S/C18H20N4O3S.CH2O2/c1-21-9-10-25-17-11-14(4-5-15(17)21)26(23,24)22-12-13(6-7-19)18-16(22)3-2-8-20-18;2-1-3/h2-5,8,11-12H,6-7,9-10,19H2,1H3;1H,(H,2,3). The Bertz CT molecular complexity index is 1130. The molecule has 4 rings (SSSR count). The molecular formula is C19H22N4O5S. The number of anilines is 1. The zero-order valence-electron chi connectivity index (χ0n) is 15.9. The van der Waals surface area contributed by atoms with Crippen molar-refractivity contribution in [3.8, 4) is 5.75 Å². The quantitative estimate of drug-likeness (QED) is 0.607. The van der Waals surface area contributed by atoms with Gasteiger partial charge in [-0.15, -0.1) is 0 Å². The van der Waals surface area contributed by atoms with Crippen LogP contribution < -0.4 is 15.4 Å². The number of rotatable bonds is 4. The van der Waals surface area contributed by atoms with Crippen LogP contribution >= 0.6 is 0 Å². The number of nitrogens with zero attached hydrogens (tertiary/aromatic N) is 3. The first-order chi connectivity index (χ1) is 13.9. The van der Waals surface area contributed by atoms with Gasteiger partial charge in [0.15, 0.2) is 0 Å². The van der Waals surface area contributed by atoms with E-state index in [0.29, 0.717) is 36.4 Å². The molecule has 0 radical (unpaired) electrons. The Morgan fingerprint density at radius 1 is 1.34 bits per heavy atom. The van der Waals surface area contributed by atoms with Crippen LogP contribution in [0.5, 0.6) is 5.75 Å². The van der Waals surface area contributed by atoms with Crippen molar-refractivity contribution < 1.29 is 23.1 Å². The van der Waals surface area contributed by atoms with Gasteiger partial charge in [0, 0.05) is 25.5 Å². The number of hydrogen-bond acceptors (Lipinski definition) is 7. The van der Waals surface area contributed by atoms with Crippen molar-refractivity contribution in [3.63, 3.8) is 0 Å². The third kappa shape index (κ3) is 3.89. The summed E-state index contributed by atoms with van der Waals surface area (Å²) in [5.41, 5.74) is 8.58. The average molecular weight is 418 g/mol. The Labute approximate surface area is 168 Å². The second-order valence-corrected chi connectivity index (χ2v) is 8.18. The molecule has 0 saturated heterocycles. The van der Waals surface area contributed by atoms with E-state index in [9.17, 15) is 8.42 Å². The maximum absolute atomic E-state index is 13.3. The monoisotopic (exact) mass is 418 g/mol. The van der Waals surface area contributed by atoms with Gasteiger partial charge in [0.1, 0.15) is 12.4 Å². The van der Waals surface area contributed by atoms with Crippen LogP contribution in [0.1, 0.15) is 5.56 Å². The van der Waals surface area contributed by atoms with Crippen LogP contribution in [0.2, 0.25) is 0 Å². The number of benzene rings is 1. The fourth-order valence-corrected chi connectivity index (χ4v) is 4.64. The molecule has 1 aliphatic rings. The predicted molar refractivity (Wildman–Crippen MR) is 109 cm³/mol. The van der Waals surface area contributed by atoms with Crippen LogP contribution in [0.3, 0.4) is 0 Å². The summed E-state index contributed by atoms with van der Waals surface area (Å²) in [4.78, 5) is 14.9. The molecule has 0 atom stereocenters. The maximum Gasteiger partial charge on any atom is 0.290 e. The Hall–Kier alpha value is -3.11. The first kappa shape index (κ1) is 20.6. The van der Waals surface area contributed by atoms with Gasteiger partial charge in [0.05, 0.1) is 28.2 Å². The van der Waals surface area contributed by atoms with Crippen molar-refractivity contribution in [2.45, 2.75) is 11.3 Å². The minimum absolute atomic E-state index is 0.187. The summed E-state index contributed by atoms with van der Waals surface area (Å²) in [5.74, 6) is 0.580. The van der Waals surface area contributed by atoms with Crippen LogP contribution in [0, 0.1) is 0 Å². The molecule has 0 saturated carbocycles. The van der Waals surface area contributed by atoms with E-state index >= 15 is 0 Å². The minimum Gasteiger partial charge on any atom is -0.490 e. The smallest absolute Gasteiger partial charge is 0.290 e. The van der Waals surface area contributed by atoms with Crippen LogP contribution in [0.15, 0.2) is 47.6 Å². The van der Waals surface area contributed by atoms with E-state index in [1.165, 1.54) is 3.97 Å². The van der Waals surface area contributed by atoms with Gasteiger partial charge in [0.2, 0.25) is 0 Å². The first-order valence-corrected chi connectivity index (χ1v) is 10.3. The summed E-state index contributed by atoms with van der Waals surface area (Å²) in [6, 6.07) is 8.47. The maximum atomic E-state index is 13.3. The van der Waals surface area contributed by atoms with Gasteiger partial charge < -0.3 is 20.5 Å². The van der Waals surface area contributed by atoms with Gasteiger partial charge in [-0.1, -0.05) is 0 Å². The van der Waals surface area contributed by atoms with Gasteiger partial charge >= 0.3 is 0 Å². The van der Waals surface area contributed by atoms with Crippen molar-refractivity contribution in [2.24, 2.45) is 5.73 Å². The Balaban J connectivity index is 0.000000755. The van der Waals surface area contributed by atoms with E-state index in [4.69, 9.17) is 20.4 Å². The third-order valence-electron chi connectivity index (χ3n) is 4.60. The number of nitrogens with two attached hydrogens (primary N) is 1. The topological polar surface area (TPSA) is 128 Å². The van der Waals surface area contributed by atoms with Crippen LogP contribution in [0.4, 0.5) is 5.69 Å². The van der Waals surface area contributed by atoms with Crippen LogP contribution in [0.25, 0.3) is 11.0 Å². The lowest BCUT2D eigenvalue weighted by Crippen LogP contribution is -2.29. The summed E-state index contributed by atoms with van der Waals surface area (Å²) >= 11 is 0. The molecule has 0 fully saturated rings.